The number of carbonyl (C=O) groups excluding carboxylic acids is 3. The average molecular weight is 443 g/mol. The highest BCUT2D eigenvalue weighted by molar-refractivity contribution is 6.10. The Balaban J connectivity index is 1.38. The lowest BCUT2D eigenvalue weighted by Crippen LogP contribution is -2.45. The lowest BCUT2D eigenvalue weighted by Gasteiger charge is -2.37. The van der Waals surface area contributed by atoms with Crippen LogP contribution in [0.15, 0.2) is 60.7 Å². The number of anilines is 1. The summed E-state index contributed by atoms with van der Waals surface area (Å²) in [5.74, 6) is 0.758. The number of allylic oxidation sites excluding steroid dienone is 2. The van der Waals surface area contributed by atoms with Crippen LogP contribution in [0, 0.1) is 42.4 Å². The zero-order valence-corrected chi connectivity index (χ0v) is 18.7. The fraction of sp³-hybridized carbons (Fsp3) is 0.370. The van der Waals surface area contributed by atoms with E-state index in [2.05, 4.69) is 12.2 Å². The summed E-state index contributed by atoms with van der Waals surface area (Å²) in [6.07, 6.45) is 5.44. The number of methoxy groups -OCH3 is 1. The van der Waals surface area contributed by atoms with E-state index in [9.17, 15) is 14.4 Å². The van der Waals surface area contributed by atoms with E-state index in [1.54, 1.807) is 25.3 Å². The summed E-state index contributed by atoms with van der Waals surface area (Å²) >= 11 is 0. The van der Waals surface area contributed by atoms with Gasteiger partial charge in [0.05, 0.1) is 24.6 Å². The van der Waals surface area contributed by atoms with Gasteiger partial charge in [0.1, 0.15) is 12.4 Å². The van der Waals surface area contributed by atoms with Crippen molar-refractivity contribution in [3.8, 4) is 5.75 Å². The largest absolute Gasteiger partial charge is 0.495 e. The Hall–Kier alpha value is -3.41. The Morgan fingerprint density at radius 3 is 2.21 bits per heavy atom. The number of likely N-dealkylation sites (tertiary alicyclic amines) is 1. The van der Waals surface area contributed by atoms with Crippen LogP contribution < -0.4 is 9.64 Å². The van der Waals surface area contributed by atoms with Crippen molar-refractivity contribution in [1.82, 2.24) is 4.90 Å². The van der Waals surface area contributed by atoms with Crippen molar-refractivity contribution in [2.75, 3.05) is 18.7 Å². The number of imide groups is 1. The molecule has 168 valence electrons. The second-order valence-corrected chi connectivity index (χ2v) is 9.62. The third-order valence-electron chi connectivity index (χ3n) is 8.03. The fourth-order valence-electron chi connectivity index (χ4n) is 6.36. The van der Waals surface area contributed by atoms with Gasteiger partial charge >= 0.3 is 0 Å². The Morgan fingerprint density at radius 1 is 0.970 bits per heavy atom. The third kappa shape index (κ3) is 2.89. The maximum atomic E-state index is 13.8. The Morgan fingerprint density at radius 2 is 1.58 bits per heavy atom. The van der Waals surface area contributed by atoms with Gasteiger partial charge < -0.3 is 4.74 Å². The summed E-state index contributed by atoms with van der Waals surface area (Å²) in [5.41, 5.74) is 1.90. The number of rotatable bonds is 5. The number of hydrogen-bond acceptors (Lipinski definition) is 4. The molecule has 4 aliphatic carbocycles. The SMILES string of the molecule is COc1ccccc1N(CN1C(=O)[C@@H]2[C@@H]3C=C[C@H]([C@H]4C[C@H]34)[C@@H]2C1=O)C(=O)c1ccccc1C. The van der Waals surface area contributed by atoms with E-state index in [0.717, 1.165) is 12.0 Å². The van der Waals surface area contributed by atoms with Crippen LogP contribution in [-0.2, 0) is 9.59 Å². The van der Waals surface area contributed by atoms with Crippen molar-refractivity contribution < 1.29 is 19.1 Å². The van der Waals surface area contributed by atoms with E-state index in [0.29, 0.717) is 28.8 Å². The number of benzene rings is 2. The lowest BCUT2D eigenvalue weighted by atomic mass is 9.63. The first-order valence-electron chi connectivity index (χ1n) is 11.6. The fourth-order valence-corrected chi connectivity index (χ4v) is 6.36. The quantitative estimate of drug-likeness (QED) is 0.524. The number of carbonyl (C=O) groups is 3. The van der Waals surface area contributed by atoms with Crippen molar-refractivity contribution in [2.24, 2.45) is 35.5 Å². The van der Waals surface area contributed by atoms with E-state index in [1.165, 1.54) is 9.80 Å². The van der Waals surface area contributed by atoms with Gasteiger partial charge in [0.15, 0.2) is 0 Å². The predicted molar refractivity (Wildman–Crippen MR) is 122 cm³/mol. The Bertz CT molecular complexity index is 1170. The molecule has 3 fully saturated rings. The zero-order chi connectivity index (χ0) is 22.9. The molecule has 0 aromatic heterocycles. The van der Waals surface area contributed by atoms with Gasteiger partial charge in [-0.25, -0.2) is 0 Å². The summed E-state index contributed by atoms with van der Waals surface area (Å²) in [5, 5.41) is 0. The molecule has 6 nitrogen and oxygen atoms in total. The van der Waals surface area contributed by atoms with E-state index in [1.807, 2.05) is 37.3 Å². The molecule has 7 rings (SSSR count). The molecule has 5 aliphatic rings. The predicted octanol–water partition coefficient (Wildman–Crippen LogP) is 3.66. The minimum Gasteiger partial charge on any atom is -0.495 e. The molecule has 0 radical (unpaired) electrons. The van der Waals surface area contributed by atoms with Gasteiger partial charge in [0.25, 0.3) is 5.91 Å². The molecule has 1 aliphatic heterocycles. The van der Waals surface area contributed by atoms with Crippen LogP contribution in [0.1, 0.15) is 22.3 Å². The average Bonchev–Trinajstić information content (AvgIpc) is 3.62. The lowest BCUT2D eigenvalue weighted by molar-refractivity contribution is -0.140. The molecule has 1 saturated heterocycles. The molecule has 6 atom stereocenters. The van der Waals surface area contributed by atoms with Crippen LogP contribution in [0.5, 0.6) is 5.75 Å². The molecule has 0 unspecified atom stereocenters. The first kappa shape index (κ1) is 20.2. The zero-order valence-electron chi connectivity index (χ0n) is 18.7. The van der Waals surface area contributed by atoms with Crippen LogP contribution in [0.4, 0.5) is 5.69 Å². The molecular formula is C27H26N2O4. The highest BCUT2D eigenvalue weighted by Crippen LogP contribution is 2.65. The van der Waals surface area contributed by atoms with E-state index < -0.39 is 0 Å². The van der Waals surface area contributed by atoms with Crippen molar-refractivity contribution in [3.63, 3.8) is 0 Å². The maximum Gasteiger partial charge on any atom is 0.260 e. The third-order valence-corrected chi connectivity index (χ3v) is 8.03. The number of ether oxygens (including phenoxy) is 1. The number of hydrogen-bond donors (Lipinski definition) is 0. The monoisotopic (exact) mass is 442 g/mol. The topological polar surface area (TPSA) is 66.9 Å². The van der Waals surface area contributed by atoms with E-state index >= 15 is 0 Å². The number of para-hydroxylation sites is 2. The maximum absolute atomic E-state index is 13.8. The van der Waals surface area contributed by atoms with Crippen molar-refractivity contribution in [1.29, 1.82) is 0 Å². The summed E-state index contributed by atoms with van der Waals surface area (Å²) in [7, 11) is 1.55. The minimum absolute atomic E-state index is 0.118. The van der Waals surface area contributed by atoms with Gasteiger partial charge in [0, 0.05) is 5.56 Å². The summed E-state index contributed by atoms with van der Waals surface area (Å²) < 4.78 is 5.53. The minimum atomic E-state index is -0.288. The highest BCUT2D eigenvalue weighted by Gasteiger charge is 2.67. The molecule has 2 aromatic carbocycles. The number of aryl methyl sites for hydroxylation is 1. The van der Waals surface area contributed by atoms with Gasteiger partial charge in [-0.15, -0.1) is 0 Å². The molecule has 0 spiro atoms. The van der Waals surface area contributed by atoms with Crippen LogP contribution in [0.2, 0.25) is 0 Å². The molecule has 0 N–H and O–H groups in total. The van der Waals surface area contributed by atoms with Gasteiger partial charge in [-0.3, -0.25) is 24.2 Å². The number of amides is 3. The Labute approximate surface area is 192 Å². The standard InChI is InChI=1S/C27H26N2O4/c1-15-7-3-4-8-16(15)25(30)28(21-9-5-6-10-22(21)33-2)14-29-26(31)23-17-11-12-18(20-13-19(17)20)24(23)27(29)32/h3-12,17-20,23-24H,13-14H2,1-2H3/t17-,18-,19-,20-,23-,24+/m1/s1. The van der Waals surface area contributed by atoms with Gasteiger partial charge in [-0.2, -0.15) is 0 Å². The summed E-state index contributed by atoms with van der Waals surface area (Å²) in [6, 6.07) is 14.6. The smallest absolute Gasteiger partial charge is 0.260 e. The van der Waals surface area contributed by atoms with Crippen molar-refractivity contribution in [3.05, 3.63) is 71.8 Å². The van der Waals surface area contributed by atoms with Gasteiger partial charge in [-0.05, 0) is 60.8 Å². The second kappa shape index (κ2) is 7.30. The first-order valence-corrected chi connectivity index (χ1v) is 11.6. The van der Waals surface area contributed by atoms with Crippen LogP contribution in [0.3, 0.4) is 0 Å². The van der Waals surface area contributed by atoms with Crippen molar-refractivity contribution in [2.45, 2.75) is 13.3 Å². The van der Waals surface area contributed by atoms with Gasteiger partial charge in [0.2, 0.25) is 11.8 Å². The number of nitrogens with zero attached hydrogens (tertiary/aromatic N) is 2. The second-order valence-electron chi connectivity index (χ2n) is 9.62. The summed E-state index contributed by atoms with van der Waals surface area (Å²) in [6.45, 7) is 1.76. The molecule has 2 saturated carbocycles. The molecule has 6 heteroatoms. The molecule has 33 heavy (non-hydrogen) atoms. The van der Waals surface area contributed by atoms with Crippen LogP contribution in [0.25, 0.3) is 0 Å². The molecule has 2 aromatic rings. The Kier molecular flexibility index (Phi) is 4.47. The molecule has 1 heterocycles. The first-order chi connectivity index (χ1) is 16.0. The van der Waals surface area contributed by atoms with E-state index in [4.69, 9.17) is 4.74 Å². The molecular weight excluding hydrogens is 416 g/mol. The highest BCUT2D eigenvalue weighted by atomic mass is 16.5. The normalized spacial score (nSPS) is 30.8. The summed E-state index contributed by atoms with van der Waals surface area (Å²) in [4.78, 5) is 43.7. The van der Waals surface area contributed by atoms with Crippen molar-refractivity contribution >= 4 is 23.4 Å². The van der Waals surface area contributed by atoms with Crippen LogP contribution in [-0.4, -0.2) is 36.4 Å². The van der Waals surface area contributed by atoms with Gasteiger partial charge in [-0.1, -0.05) is 42.5 Å². The van der Waals surface area contributed by atoms with Crippen LogP contribution >= 0.6 is 0 Å². The molecule has 2 bridgehead atoms. The molecule has 3 amide bonds. The van der Waals surface area contributed by atoms with E-state index in [-0.39, 0.29) is 48.1 Å².